The number of hydrogen-bond donors (Lipinski definition) is 1. The van der Waals surface area contributed by atoms with Crippen molar-refractivity contribution in [3.63, 3.8) is 0 Å². The molecule has 0 radical (unpaired) electrons. The van der Waals surface area contributed by atoms with Crippen LogP contribution in [0.4, 0.5) is 13.2 Å². The zero-order valence-corrected chi connectivity index (χ0v) is 12.7. The molecule has 2 aromatic heterocycles. The Morgan fingerprint density at radius 3 is 2.86 bits per heavy atom. The fourth-order valence-electron chi connectivity index (χ4n) is 2.55. The molecular weight excluding hydrogens is 317 g/mol. The number of nitrogens with one attached hydrogen (secondary N) is 1. The predicted molar refractivity (Wildman–Crippen MR) is 73.3 cm³/mol. The molecule has 1 N–H and O–H groups in total. The number of alkyl halides is 3. The van der Waals surface area contributed by atoms with E-state index >= 15 is 0 Å². The van der Waals surface area contributed by atoms with Crippen molar-refractivity contribution in [1.29, 1.82) is 0 Å². The van der Waals surface area contributed by atoms with Gasteiger partial charge in [-0.15, -0.1) is 21.5 Å². The van der Waals surface area contributed by atoms with Gasteiger partial charge in [-0.2, -0.15) is 18.0 Å². The van der Waals surface area contributed by atoms with Crippen molar-refractivity contribution in [2.75, 3.05) is 6.54 Å². The van der Waals surface area contributed by atoms with E-state index in [-0.39, 0.29) is 12.2 Å². The maximum Gasteiger partial charge on any atom is 0.414 e. The molecular formula is C12H15F3N6S. The van der Waals surface area contributed by atoms with Crippen molar-refractivity contribution in [2.24, 2.45) is 0 Å². The van der Waals surface area contributed by atoms with E-state index in [4.69, 9.17) is 0 Å². The third-order valence-electron chi connectivity index (χ3n) is 3.71. The van der Waals surface area contributed by atoms with E-state index in [1.807, 2.05) is 12.3 Å². The summed E-state index contributed by atoms with van der Waals surface area (Å²) in [6, 6.07) is 0. The Hall–Kier alpha value is -1.55. The van der Waals surface area contributed by atoms with Crippen LogP contribution in [0.3, 0.4) is 0 Å². The third-order valence-corrected chi connectivity index (χ3v) is 4.53. The lowest BCUT2D eigenvalue weighted by Gasteiger charge is -2.28. The Balaban J connectivity index is 1.75. The van der Waals surface area contributed by atoms with E-state index in [1.165, 1.54) is 16.1 Å². The minimum atomic E-state index is -4.44. The summed E-state index contributed by atoms with van der Waals surface area (Å²) in [5, 5.41) is 16.7. The largest absolute Gasteiger partial charge is 0.414 e. The molecule has 3 rings (SSSR count). The highest BCUT2D eigenvalue weighted by molar-refractivity contribution is 7.09. The normalized spacial score (nSPS) is 22.4. The molecule has 1 atom stereocenters. The lowest BCUT2D eigenvalue weighted by Crippen LogP contribution is -2.50. The number of halogens is 3. The van der Waals surface area contributed by atoms with Gasteiger partial charge in [-0.3, -0.25) is 5.32 Å². The van der Waals surface area contributed by atoms with E-state index in [9.17, 15) is 13.2 Å². The smallest absolute Gasteiger partial charge is 0.297 e. The van der Waals surface area contributed by atoms with Crippen molar-refractivity contribution >= 4 is 11.3 Å². The molecule has 1 fully saturated rings. The highest BCUT2D eigenvalue weighted by Gasteiger charge is 2.60. The molecule has 0 saturated carbocycles. The molecule has 6 nitrogen and oxygen atoms in total. The monoisotopic (exact) mass is 332 g/mol. The van der Waals surface area contributed by atoms with Crippen molar-refractivity contribution in [3.8, 4) is 0 Å². The minimum absolute atomic E-state index is 0.0620. The Labute approximate surface area is 128 Å². The van der Waals surface area contributed by atoms with Crippen molar-refractivity contribution in [3.05, 3.63) is 21.9 Å². The van der Waals surface area contributed by atoms with Gasteiger partial charge in [-0.05, 0) is 31.5 Å². The maximum absolute atomic E-state index is 13.4. The standard InChI is InChI=1S/C12H15F3N6S/c1-8-17-9(7-22-8)3-6-21-19-10(18-20-21)11(12(13,14)15)4-2-5-16-11/h7,16H,2-6H2,1H3. The SMILES string of the molecule is Cc1nc(CCn2nnc(C3(C(F)(F)F)CCCN3)n2)cs1. The summed E-state index contributed by atoms with van der Waals surface area (Å²) in [6.07, 6.45) is -3.50. The van der Waals surface area contributed by atoms with Crippen molar-refractivity contribution < 1.29 is 13.2 Å². The third kappa shape index (κ3) is 2.72. The van der Waals surface area contributed by atoms with Crippen LogP contribution in [0.15, 0.2) is 5.38 Å². The summed E-state index contributed by atoms with van der Waals surface area (Å²) >= 11 is 1.53. The number of nitrogens with zero attached hydrogens (tertiary/aromatic N) is 5. The van der Waals surface area contributed by atoms with Crippen LogP contribution in [0.25, 0.3) is 0 Å². The molecule has 120 valence electrons. The quantitative estimate of drug-likeness (QED) is 0.925. The molecule has 1 aliphatic heterocycles. The first-order chi connectivity index (χ1) is 10.4. The first-order valence-electron chi connectivity index (χ1n) is 6.92. The van der Waals surface area contributed by atoms with Crippen LogP contribution >= 0.6 is 11.3 Å². The van der Waals surface area contributed by atoms with Crippen LogP contribution < -0.4 is 5.32 Å². The number of aromatic nitrogens is 5. The molecule has 0 aliphatic carbocycles. The highest BCUT2D eigenvalue weighted by Crippen LogP contribution is 2.43. The van der Waals surface area contributed by atoms with Gasteiger partial charge in [0, 0.05) is 11.8 Å². The van der Waals surface area contributed by atoms with Crippen LogP contribution in [0.1, 0.15) is 29.4 Å². The van der Waals surface area contributed by atoms with Gasteiger partial charge < -0.3 is 0 Å². The zero-order chi connectivity index (χ0) is 15.8. The fraction of sp³-hybridized carbons (Fsp3) is 0.667. The van der Waals surface area contributed by atoms with E-state index in [0.717, 1.165) is 10.7 Å². The van der Waals surface area contributed by atoms with Crippen molar-refractivity contribution in [1.82, 2.24) is 30.5 Å². The number of thiazole rings is 1. The minimum Gasteiger partial charge on any atom is -0.297 e. The van der Waals surface area contributed by atoms with Crippen LogP contribution in [0.2, 0.25) is 0 Å². The van der Waals surface area contributed by atoms with E-state index in [2.05, 4.69) is 25.7 Å². The van der Waals surface area contributed by atoms with Gasteiger partial charge in [-0.1, -0.05) is 0 Å². The predicted octanol–water partition coefficient (Wildman–Crippen LogP) is 1.82. The molecule has 22 heavy (non-hydrogen) atoms. The molecule has 2 aromatic rings. The number of aryl methyl sites for hydroxylation is 3. The van der Waals surface area contributed by atoms with Crippen LogP contribution in [-0.4, -0.2) is 37.9 Å². The molecule has 3 heterocycles. The Morgan fingerprint density at radius 2 is 2.27 bits per heavy atom. The molecule has 1 aliphatic rings. The zero-order valence-electron chi connectivity index (χ0n) is 11.9. The first kappa shape index (κ1) is 15.3. The second-order valence-electron chi connectivity index (χ2n) is 5.25. The second-order valence-corrected chi connectivity index (χ2v) is 6.31. The lowest BCUT2D eigenvalue weighted by atomic mass is 9.96. The Bertz CT molecular complexity index is 643. The van der Waals surface area contributed by atoms with E-state index in [0.29, 0.717) is 25.9 Å². The molecule has 1 unspecified atom stereocenters. The highest BCUT2D eigenvalue weighted by atomic mass is 32.1. The summed E-state index contributed by atoms with van der Waals surface area (Å²) in [4.78, 5) is 5.51. The lowest BCUT2D eigenvalue weighted by molar-refractivity contribution is -0.198. The molecule has 0 aromatic carbocycles. The fourth-order valence-corrected chi connectivity index (χ4v) is 3.20. The molecule has 0 amide bonds. The number of hydrogen-bond acceptors (Lipinski definition) is 6. The Morgan fingerprint density at radius 1 is 1.45 bits per heavy atom. The average molecular weight is 332 g/mol. The Kier molecular flexibility index (Phi) is 3.89. The molecule has 0 bridgehead atoms. The summed E-state index contributed by atoms with van der Waals surface area (Å²) < 4.78 is 40.1. The second kappa shape index (κ2) is 5.58. The maximum atomic E-state index is 13.4. The van der Waals surface area contributed by atoms with Crippen LogP contribution in [0, 0.1) is 6.92 Å². The molecule has 1 saturated heterocycles. The van der Waals surface area contributed by atoms with Crippen molar-refractivity contribution in [2.45, 2.75) is 44.4 Å². The van der Waals surface area contributed by atoms with Gasteiger partial charge in [0.15, 0.2) is 5.54 Å². The average Bonchev–Trinajstić information content (AvgIpc) is 3.16. The topological polar surface area (TPSA) is 68.5 Å². The van der Waals surface area contributed by atoms with Gasteiger partial charge in [0.25, 0.3) is 0 Å². The van der Waals surface area contributed by atoms with Crippen LogP contribution in [-0.2, 0) is 18.5 Å². The summed E-state index contributed by atoms with van der Waals surface area (Å²) in [6.45, 7) is 2.55. The van der Waals surface area contributed by atoms with Gasteiger partial charge in [0.2, 0.25) is 5.82 Å². The summed E-state index contributed by atoms with van der Waals surface area (Å²) in [7, 11) is 0. The summed E-state index contributed by atoms with van der Waals surface area (Å²) in [5.74, 6) is -0.299. The van der Waals surface area contributed by atoms with Gasteiger partial charge in [0.1, 0.15) is 0 Å². The molecule has 10 heteroatoms. The van der Waals surface area contributed by atoms with E-state index < -0.39 is 11.7 Å². The van der Waals surface area contributed by atoms with Gasteiger partial charge >= 0.3 is 6.18 Å². The van der Waals surface area contributed by atoms with Crippen LogP contribution in [0.5, 0.6) is 0 Å². The number of tetrazole rings is 1. The van der Waals surface area contributed by atoms with Gasteiger partial charge in [-0.25, -0.2) is 4.98 Å². The first-order valence-corrected chi connectivity index (χ1v) is 7.80. The van der Waals surface area contributed by atoms with Gasteiger partial charge in [0.05, 0.1) is 17.2 Å². The van der Waals surface area contributed by atoms with E-state index in [1.54, 1.807) is 0 Å². The summed E-state index contributed by atoms with van der Waals surface area (Å²) in [5.41, 5.74) is -1.28. The number of rotatable bonds is 4. The molecule has 0 spiro atoms.